The van der Waals surface area contributed by atoms with Crippen LogP contribution >= 0.6 is 0 Å². The molecule has 1 fully saturated rings. The van der Waals surface area contributed by atoms with E-state index in [1.54, 1.807) is 6.20 Å². The van der Waals surface area contributed by atoms with Crippen molar-refractivity contribution in [2.24, 2.45) is 5.92 Å². The van der Waals surface area contributed by atoms with E-state index in [0.29, 0.717) is 0 Å². The van der Waals surface area contributed by atoms with Crippen molar-refractivity contribution in [2.75, 3.05) is 18.5 Å². The summed E-state index contributed by atoms with van der Waals surface area (Å²) in [6.45, 7) is 3.93. The molecule has 1 aliphatic rings. The molecule has 1 heterocycles. The Morgan fingerprint density at radius 2 is 2.38 bits per heavy atom. The second-order valence-corrected chi connectivity index (χ2v) is 4.38. The van der Waals surface area contributed by atoms with E-state index in [0.717, 1.165) is 37.1 Å². The van der Waals surface area contributed by atoms with E-state index in [2.05, 4.69) is 17.2 Å². The fourth-order valence-electron chi connectivity index (χ4n) is 1.60. The van der Waals surface area contributed by atoms with E-state index in [1.807, 2.05) is 12.1 Å². The lowest BCUT2D eigenvalue weighted by Gasteiger charge is -2.08. The minimum Gasteiger partial charge on any atom is -0.493 e. The molecule has 0 amide bonds. The summed E-state index contributed by atoms with van der Waals surface area (Å²) in [6, 6.07) is 3.90. The van der Waals surface area contributed by atoms with Crippen LogP contribution in [0.1, 0.15) is 32.6 Å². The van der Waals surface area contributed by atoms with Gasteiger partial charge in [-0.05, 0) is 24.8 Å². The van der Waals surface area contributed by atoms with Crippen LogP contribution in [0.25, 0.3) is 0 Å². The summed E-state index contributed by atoms with van der Waals surface area (Å²) in [4.78, 5) is 4.24. The average molecular weight is 220 g/mol. The number of aromatic nitrogens is 1. The molecule has 1 aromatic heterocycles. The van der Waals surface area contributed by atoms with E-state index >= 15 is 0 Å². The maximum absolute atomic E-state index is 5.70. The fourth-order valence-corrected chi connectivity index (χ4v) is 1.60. The molecule has 3 nitrogen and oxygen atoms in total. The van der Waals surface area contributed by atoms with E-state index in [4.69, 9.17) is 4.74 Å². The molecule has 0 bridgehead atoms. The number of nitrogens with one attached hydrogen (secondary N) is 1. The average Bonchev–Trinajstić information content (AvgIpc) is 3.11. The fraction of sp³-hybridized carbons (Fsp3) is 0.615. The summed E-state index contributed by atoms with van der Waals surface area (Å²) in [5.74, 6) is 2.76. The van der Waals surface area contributed by atoms with E-state index in [1.165, 1.54) is 19.3 Å². The van der Waals surface area contributed by atoms with Crippen LogP contribution in [-0.4, -0.2) is 18.1 Å². The molecule has 0 aliphatic heterocycles. The monoisotopic (exact) mass is 220 g/mol. The van der Waals surface area contributed by atoms with Crippen molar-refractivity contribution in [3.8, 4) is 5.75 Å². The molecule has 1 aliphatic carbocycles. The third-order valence-corrected chi connectivity index (χ3v) is 2.78. The highest BCUT2D eigenvalue weighted by Gasteiger charge is 2.20. The molecule has 0 radical (unpaired) electrons. The van der Waals surface area contributed by atoms with Gasteiger partial charge < -0.3 is 10.1 Å². The highest BCUT2D eigenvalue weighted by atomic mass is 16.5. The van der Waals surface area contributed by atoms with Gasteiger partial charge in [-0.3, -0.25) is 0 Å². The number of hydrogen-bond acceptors (Lipinski definition) is 3. The van der Waals surface area contributed by atoms with Crippen molar-refractivity contribution < 1.29 is 4.74 Å². The van der Waals surface area contributed by atoms with Gasteiger partial charge in [0, 0.05) is 18.8 Å². The first-order chi connectivity index (χ1) is 7.88. The lowest BCUT2D eigenvalue weighted by Crippen LogP contribution is -2.03. The number of nitrogens with zero attached hydrogens (tertiary/aromatic N) is 1. The van der Waals surface area contributed by atoms with Crippen molar-refractivity contribution in [1.82, 2.24) is 4.98 Å². The lowest BCUT2D eigenvalue weighted by molar-refractivity contribution is 0.302. The molecule has 0 aromatic carbocycles. The second kappa shape index (κ2) is 5.73. The predicted molar refractivity (Wildman–Crippen MR) is 65.9 cm³/mol. The first-order valence-electron chi connectivity index (χ1n) is 6.21. The molecule has 0 spiro atoms. The molecule has 0 atom stereocenters. The minimum absolute atomic E-state index is 0.835. The summed E-state index contributed by atoms with van der Waals surface area (Å²) in [6.07, 6.45) is 6.88. The van der Waals surface area contributed by atoms with Crippen LogP contribution in [0, 0.1) is 5.92 Å². The van der Waals surface area contributed by atoms with Crippen molar-refractivity contribution in [3.63, 3.8) is 0 Å². The molecule has 88 valence electrons. The predicted octanol–water partition coefficient (Wildman–Crippen LogP) is 3.08. The van der Waals surface area contributed by atoms with Crippen LogP contribution in [0.5, 0.6) is 5.75 Å². The Labute approximate surface area is 97.2 Å². The first kappa shape index (κ1) is 11.2. The Hall–Kier alpha value is -1.25. The van der Waals surface area contributed by atoms with Crippen molar-refractivity contribution in [2.45, 2.75) is 32.6 Å². The molecule has 0 saturated heterocycles. The zero-order valence-electron chi connectivity index (χ0n) is 9.91. The Bertz CT molecular complexity index is 323. The normalized spacial score (nSPS) is 14.8. The van der Waals surface area contributed by atoms with Gasteiger partial charge in [-0.25, -0.2) is 4.98 Å². The van der Waals surface area contributed by atoms with Crippen molar-refractivity contribution in [1.29, 1.82) is 0 Å². The zero-order chi connectivity index (χ0) is 11.2. The molecule has 2 rings (SSSR count). The minimum atomic E-state index is 0.835. The maximum Gasteiger partial charge on any atom is 0.129 e. The summed E-state index contributed by atoms with van der Waals surface area (Å²) >= 11 is 0. The number of ether oxygens (including phenoxy) is 1. The third-order valence-electron chi connectivity index (χ3n) is 2.78. The van der Waals surface area contributed by atoms with Crippen LogP contribution in [0.4, 0.5) is 5.82 Å². The number of anilines is 1. The van der Waals surface area contributed by atoms with E-state index in [-0.39, 0.29) is 0 Å². The van der Waals surface area contributed by atoms with Gasteiger partial charge in [0.1, 0.15) is 11.6 Å². The second-order valence-electron chi connectivity index (χ2n) is 4.38. The quantitative estimate of drug-likeness (QED) is 0.766. The SMILES string of the molecule is CCCNc1cc(OCCC2CC2)ccn1. The van der Waals surface area contributed by atoms with Gasteiger partial charge in [-0.15, -0.1) is 0 Å². The molecule has 1 N–H and O–H groups in total. The van der Waals surface area contributed by atoms with Crippen molar-refractivity contribution in [3.05, 3.63) is 18.3 Å². The van der Waals surface area contributed by atoms with Crippen LogP contribution in [0.15, 0.2) is 18.3 Å². The highest BCUT2D eigenvalue weighted by molar-refractivity contribution is 5.40. The van der Waals surface area contributed by atoms with Crippen LogP contribution in [-0.2, 0) is 0 Å². The Balaban J connectivity index is 1.77. The smallest absolute Gasteiger partial charge is 0.129 e. The Morgan fingerprint density at radius 3 is 3.12 bits per heavy atom. The van der Waals surface area contributed by atoms with Crippen LogP contribution in [0.2, 0.25) is 0 Å². The standard InChI is InChI=1S/C13H20N2O/c1-2-7-14-13-10-12(5-8-15-13)16-9-6-11-3-4-11/h5,8,10-11H,2-4,6-7,9H2,1H3,(H,14,15). The molecule has 0 unspecified atom stereocenters. The van der Waals surface area contributed by atoms with Crippen molar-refractivity contribution >= 4 is 5.82 Å². The van der Waals surface area contributed by atoms with Crippen LogP contribution in [0.3, 0.4) is 0 Å². The van der Waals surface area contributed by atoms with Gasteiger partial charge in [-0.1, -0.05) is 19.8 Å². The first-order valence-corrected chi connectivity index (χ1v) is 6.21. The Kier molecular flexibility index (Phi) is 4.03. The van der Waals surface area contributed by atoms with Gasteiger partial charge in [0.25, 0.3) is 0 Å². The topological polar surface area (TPSA) is 34.1 Å². The Morgan fingerprint density at radius 1 is 1.50 bits per heavy atom. The molecular formula is C13H20N2O. The zero-order valence-corrected chi connectivity index (χ0v) is 9.91. The summed E-state index contributed by atoms with van der Waals surface area (Å²) < 4.78 is 5.70. The van der Waals surface area contributed by atoms with Crippen LogP contribution < -0.4 is 10.1 Å². The van der Waals surface area contributed by atoms with E-state index in [9.17, 15) is 0 Å². The molecule has 1 saturated carbocycles. The molecule has 1 aromatic rings. The van der Waals surface area contributed by atoms with Gasteiger partial charge in [-0.2, -0.15) is 0 Å². The number of pyridine rings is 1. The maximum atomic E-state index is 5.70. The highest BCUT2D eigenvalue weighted by Crippen LogP contribution is 2.32. The molecule has 3 heteroatoms. The number of rotatable bonds is 7. The van der Waals surface area contributed by atoms with Gasteiger partial charge in [0.05, 0.1) is 6.61 Å². The summed E-state index contributed by atoms with van der Waals surface area (Å²) in [5, 5.41) is 3.26. The third kappa shape index (κ3) is 3.72. The molecular weight excluding hydrogens is 200 g/mol. The molecule has 16 heavy (non-hydrogen) atoms. The lowest BCUT2D eigenvalue weighted by atomic mass is 10.3. The summed E-state index contributed by atoms with van der Waals surface area (Å²) in [5.41, 5.74) is 0. The largest absolute Gasteiger partial charge is 0.493 e. The van der Waals surface area contributed by atoms with Gasteiger partial charge in [0.2, 0.25) is 0 Å². The number of hydrogen-bond donors (Lipinski definition) is 1. The summed E-state index contributed by atoms with van der Waals surface area (Å²) in [7, 11) is 0. The van der Waals surface area contributed by atoms with E-state index < -0.39 is 0 Å². The van der Waals surface area contributed by atoms with Gasteiger partial charge in [0.15, 0.2) is 0 Å². The van der Waals surface area contributed by atoms with Gasteiger partial charge >= 0.3 is 0 Å².